The number of carbonyl (C=O) groups is 1. The molecule has 0 heterocycles. The fourth-order valence-electron chi connectivity index (χ4n) is 1.83. The Balaban J connectivity index is 1.91. The first-order chi connectivity index (χ1) is 10.7. The van der Waals surface area contributed by atoms with Gasteiger partial charge in [-0.3, -0.25) is 4.79 Å². The van der Waals surface area contributed by atoms with Crippen molar-refractivity contribution < 1.29 is 4.79 Å². The van der Waals surface area contributed by atoms with E-state index >= 15 is 0 Å². The average Bonchev–Trinajstić information content (AvgIpc) is 2.59. The molecule has 0 aliphatic rings. The smallest absolute Gasteiger partial charge is 0.271 e. The van der Waals surface area contributed by atoms with Crippen LogP contribution >= 0.6 is 0 Å². The van der Waals surface area contributed by atoms with E-state index in [2.05, 4.69) is 28.0 Å². The highest BCUT2D eigenvalue weighted by molar-refractivity contribution is 5.95. The van der Waals surface area contributed by atoms with Crippen LogP contribution in [0, 0.1) is 0 Å². The van der Waals surface area contributed by atoms with Gasteiger partial charge in [-0.1, -0.05) is 37.3 Å². The summed E-state index contributed by atoms with van der Waals surface area (Å²) in [6.45, 7) is 4.64. The Morgan fingerprint density at radius 1 is 1.05 bits per heavy atom. The Morgan fingerprint density at radius 2 is 1.73 bits per heavy atom. The molecule has 4 heteroatoms. The second-order valence-corrected chi connectivity index (χ2v) is 5.06. The van der Waals surface area contributed by atoms with Gasteiger partial charge in [-0.05, 0) is 43.2 Å². The zero-order chi connectivity index (χ0) is 15.8. The Bertz CT molecular complexity index is 633. The standard InChI is InChI=1S/C18H21N3O/c1-3-14(2)20-21-18(22)16-9-11-17(12-10-16)19-13-15-7-5-4-6-8-15/h4-12,19H,3,13H2,1-2H3,(H,21,22). The minimum Gasteiger partial charge on any atom is -0.381 e. The lowest BCUT2D eigenvalue weighted by molar-refractivity contribution is 0.0954. The molecule has 114 valence electrons. The number of benzene rings is 2. The van der Waals surface area contributed by atoms with E-state index in [1.165, 1.54) is 5.56 Å². The Kier molecular flexibility index (Phi) is 5.72. The zero-order valence-electron chi connectivity index (χ0n) is 13.0. The highest BCUT2D eigenvalue weighted by atomic mass is 16.2. The summed E-state index contributed by atoms with van der Waals surface area (Å²) in [5.41, 5.74) is 6.25. The van der Waals surface area contributed by atoms with Gasteiger partial charge in [-0.25, -0.2) is 5.43 Å². The van der Waals surface area contributed by atoms with Crippen molar-refractivity contribution in [2.45, 2.75) is 26.8 Å². The molecule has 2 N–H and O–H groups in total. The highest BCUT2D eigenvalue weighted by Gasteiger charge is 2.04. The summed E-state index contributed by atoms with van der Waals surface area (Å²) in [6.07, 6.45) is 0.822. The molecule has 0 aliphatic carbocycles. The van der Waals surface area contributed by atoms with Gasteiger partial charge in [0.2, 0.25) is 0 Å². The van der Waals surface area contributed by atoms with Crippen molar-refractivity contribution in [3.63, 3.8) is 0 Å². The van der Waals surface area contributed by atoms with Crippen LogP contribution in [0.2, 0.25) is 0 Å². The lowest BCUT2D eigenvalue weighted by Gasteiger charge is -2.07. The predicted octanol–water partition coefficient (Wildman–Crippen LogP) is 3.81. The molecular formula is C18H21N3O. The average molecular weight is 295 g/mol. The van der Waals surface area contributed by atoms with E-state index < -0.39 is 0 Å². The maximum absolute atomic E-state index is 11.9. The summed E-state index contributed by atoms with van der Waals surface area (Å²) in [6, 6.07) is 17.6. The summed E-state index contributed by atoms with van der Waals surface area (Å²) < 4.78 is 0. The number of nitrogens with zero attached hydrogens (tertiary/aromatic N) is 1. The van der Waals surface area contributed by atoms with Crippen LogP contribution < -0.4 is 10.7 Å². The molecule has 2 rings (SSSR count). The quantitative estimate of drug-likeness (QED) is 0.629. The summed E-state index contributed by atoms with van der Waals surface area (Å²) in [5.74, 6) is -0.192. The molecular weight excluding hydrogens is 274 g/mol. The third kappa shape index (κ3) is 4.74. The molecule has 2 aromatic carbocycles. The molecule has 0 bridgehead atoms. The lowest BCUT2D eigenvalue weighted by Crippen LogP contribution is -2.18. The summed E-state index contributed by atoms with van der Waals surface area (Å²) in [5, 5.41) is 7.35. The minimum absolute atomic E-state index is 0.192. The van der Waals surface area contributed by atoms with Gasteiger partial charge >= 0.3 is 0 Å². The molecule has 0 unspecified atom stereocenters. The second kappa shape index (κ2) is 7.98. The predicted molar refractivity (Wildman–Crippen MR) is 91.1 cm³/mol. The third-order valence-electron chi connectivity index (χ3n) is 3.35. The van der Waals surface area contributed by atoms with Crippen molar-refractivity contribution in [1.82, 2.24) is 5.43 Å². The second-order valence-electron chi connectivity index (χ2n) is 5.06. The van der Waals surface area contributed by atoms with Crippen molar-refractivity contribution in [3.05, 3.63) is 65.7 Å². The van der Waals surface area contributed by atoms with Crippen LogP contribution in [-0.4, -0.2) is 11.6 Å². The molecule has 2 aromatic rings. The van der Waals surface area contributed by atoms with E-state index in [1.54, 1.807) is 12.1 Å². The van der Waals surface area contributed by atoms with Gasteiger partial charge in [-0.15, -0.1) is 0 Å². The maximum Gasteiger partial charge on any atom is 0.271 e. The Morgan fingerprint density at radius 3 is 2.36 bits per heavy atom. The topological polar surface area (TPSA) is 53.5 Å². The minimum atomic E-state index is -0.192. The van der Waals surface area contributed by atoms with E-state index in [0.29, 0.717) is 5.56 Å². The van der Waals surface area contributed by atoms with E-state index in [9.17, 15) is 4.79 Å². The molecule has 0 saturated carbocycles. The number of amides is 1. The summed E-state index contributed by atoms with van der Waals surface area (Å²) >= 11 is 0. The van der Waals surface area contributed by atoms with Gasteiger partial charge in [0.1, 0.15) is 0 Å². The normalized spacial score (nSPS) is 11.1. The molecule has 0 radical (unpaired) electrons. The summed E-state index contributed by atoms with van der Waals surface area (Å²) in [7, 11) is 0. The Hall–Kier alpha value is -2.62. The van der Waals surface area contributed by atoms with Crippen LogP contribution in [0.3, 0.4) is 0 Å². The van der Waals surface area contributed by atoms with E-state index in [1.807, 2.05) is 44.2 Å². The molecule has 0 aromatic heterocycles. The number of carbonyl (C=O) groups excluding carboxylic acids is 1. The first-order valence-electron chi connectivity index (χ1n) is 7.40. The molecule has 1 amide bonds. The van der Waals surface area contributed by atoms with Gasteiger partial charge in [0.15, 0.2) is 0 Å². The molecule has 0 aliphatic heterocycles. The largest absolute Gasteiger partial charge is 0.381 e. The zero-order valence-corrected chi connectivity index (χ0v) is 13.0. The highest BCUT2D eigenvalue weighted by Crippen LogP contribution is 2.11. The molecule has 22 heavy (non-hydrogen) atoms. The number of nitrogens with one attached hydrogen (secondary N) is 2. The fraction of sp³-hybridized carbons (Fsp3) is 0.222. The SMILES string of the molecule is CCC(C)=NNC(=O)c1ccc(NCc2ccccc2)cc1. The van der Waals surface area contributed by atoms with Gasteiger partial charge in [0, 0.05) is 23.5 Å². The van der Waals surface area contributed by atoms with Crippen LogP contribution in [0.15, 0.2) is 59.7 Å². The van der Waals surface area contributed by atoms with Gasteiger partial charge < -0.3 is 5.32 Å². The molecule has 0 atom stereocenters. The fourth-order valence-corrected chi connectivity index (χ4v) is 1.83. The van der Waals surface area contributed by atoms with Crippen LogP contribution in [0.25, 0.3) is 0 Å². The van der Waals surface area contributed by atoms with E-state index in [4.69, 9.17) is 0 Å². The van der Waals surface area contributed by atoms with Crippen molar-refractivity contribution in [3.8, 4) is 0 Å². The molecule has 0 fully saturated rings. The van der Waals surface area contributed by atoms with Crippen LogP contribution in [0.4, 0.5) is 5.69 Å². The van der Waals surface area contributed by atoms with Crippen LogP contribution in [0.1, 0.15) is 36.2 Å². The van der Waals surface area contributed by atoms with Crippen molar-refractivity contribution in [1.29, 1.82) is 0 Å². The number of hydrogen-bond donors (Lipinski definition) is 2. The van der Waals surface area contributed by atoms with Crippen molar-refractivity contribution in [2.24, 2.45) is 5.10 Å². The third-order valence-corrected chi connectivity index (χ3v) is 3.35. The van der Waals surface area contributed by atoms with Gasteiger partial charge in [-0.2, -0.15) is 5.10 Å². The van der Waals surface area contributed by atoms with Gasteiger partial charge in [0.25, 0.3) is 5.91 Å². The van der Waals surface area contributed by atoms with Crippen molar-refractivity contribution >= 4 is 17.3 Å². The monoisotopic (exact) mass is 295 g/mol. The number of hydrogen-bond acceptors (Lipinski definition) is 3. The molecule has 4 nitrogen and oxygen atoms in total. The first-order valence-corrected chi connectivity index (χ1v) is 7.40. The number of hydrazone groups is 1. The van der Waals surface area contributed by atoms with Gasteiger partial charge in [0.05, 0.1) is 0 Å². The van der Waals surface area contributed by atoms with E-state index in [0.717, 1.165) is 24.4 Å². The number of anilines is 1. The van der Waals surface area contributed by atoms with Crippen LogP contribution in [0.5, 0.6) is 0 Å². The number of rotatable bonds is 6. The summed E-state index contributed by atoms with van der Waals surface area (Å²) in [4.78, 5) is 11.9. The van der Waals surface area contributed by atoms with Crippen LogP contribution in [-0.2, 0) is 6.54 Å². The van der Waals surface area contributed by atoms with E-state index in [-0.39, 0.29) is 5.91 Å². The Labute approximate surface area is 131 Å². The first kappa shape index (κ1) is 15.8. The lowest BCUT2D eigenvalue weighted by atomic mass is 10.2. The maximum atomic E-state index is 11.9. The van der Waals surface area contributed by atoms with Crippen molar-refractivity contribution in [2.75, 3.05) is 5.32 Å². The molecule has 0 saturated heterocycles. The molecule has 0 spiro atoms.